The van der Waals surface area contributed by atoms with Gasteiger partial charge in [0.2, 0.25) is 0 Å². The van der Waals surface area contributed by atoms with E-state index in [1.807, 2.05) is 5.48 Å². The van der Waals surface area contributed by atoms with Gasteiger partial charge >= 0.3 is 5.97 Å². The highest BCUT2D eigenvalue weighted by Gasteiger charge is 2.34. The lowest BCUT2D eigenvalue weighted by Crippen LogP contribution is -2.25. The van der Waals surface area contributed by atoms with Crippen LogP contribution in [0.4, 0.5) is 5.69 Å². The number of rotatable bonds is 4. The third-order valence-corrected chi connectivity index (χ3v) is 3.91. The molecular formula is C16H17N3O5. The van der Waals surface area contributed by atoms with Gasteiger partial charge in [-0.3, -0.25) is 25.8 Å². The molecule has 24 heavy (non-hydrogen) atoms. The second kappa shape index (κ2) is 6.63. The first-order valence-corrected chi connectivity index (χ1v) is 7.12. The maximum Gasteiger partial charge on any atom is 0.334 e. The predicted octanol–water partition coefficient (Wildman–Crippen LogP) is 2.76. The van der Waals surface area contributed by atoms with E-state index < -0.39 is 16.8 Å². The quantitative estimate of drug-likeness (QED) is 0.575. The van der Waals surface area contributed by atoms with Gasteiger partial charge < -0.3 is 5.11 Å². The van der Waals surface area contributed by atoms with Crippen LogP contribution in [0.1, 0.15) is 32.3 Å². The smallest absolute Gasteiger partial charge is 0.334 e. The molecule has 0 saturated carbocycles. The summed E-state index contributed by atoms with van der Waals surface area (Å²) >= 11 is 0. The van der Waals surface area contributed by atoms with E-state index in [1.54, 1.807) is 26.8 Å². The van der Waals surface area contributed by atoms with Gasteiger partial charge in [-0.2, -0.15) is 0 Å². The number of nitrogens with zero attached hydrogens (tertiary/aromatic N) is 2. The molecule has 1 aliphatic rings. The van der Waals surface area contributed by atoms with Crippen molar-refractivity contribution in [3.05, 3.63) is 62.5 Å². The van der Waals surface area contributed by atoms with Crippen LogP contribution in [0.15, 0.2) is 51.8 Å². The highest BCUT2D eigenvalue weighted by atomic mass is 16.6. The Kier molecular flexibility index (Phi) is 4.79. The van der Waals surface area contributed by atoms with Gasteiger partial charge in [0, 0.05) is 40.7 Å². The molecule has 2 rings (SSSR count). The van der Waals surface area contributed by atoms with Crippen LogP contribution in [0.25, 0.3) is 0 Å². The summed E-state index contributed by atoms with van der Waals surface area (Å²) in [6, 6.07) is 5.80. The first-order valence-electron chi connectivity index (χ1n) is 7.12. The molecule has 8 heteroatoms. The van der Waals surface area contributed by atoms with E-state index in [4.69, 9.17) is 0 Å². The molecule has 3 N–H and O–H groups in total. The van der Waals surface area contributed by atoms with E-state index in [2.05, 4.69) is 4.99 Å². The third-order valence-electron chi connectivity index (χ3n) is 3.91. The topological polar surface area (TPSA) is 125 Å². The van der Waals surface area contributed by atoms with Gasteiger partial charge in [0.15, 0.2) is 0 Å². The van der Waals surface area contributed by atoms with Gasteiger partial charge in [0.05, 0.1) is 10.5 Å². The molecule has 0 spiro atoms. The van der Waals surface area contributed by atoms with E-state index in [-0.39, 0.29) is 11.3 Å². The summed E-state index contributed by atoms with van der Waals surface area (Å²) in [7, 11) is 0. The second-order valence-corrected chi connectivity index (χ2v) is 5.44. The minimum Gasteiger partial charge on any atom is -0.478 e. The highest BCUT2D eigenvalue weighted by molar-refractivity contribution is 6.06. The summed E-state index contributed by atoms with van der Waals surface area (Å²) in [4.78, 5) is 26.5. The molecule has 0 amide bonds. The molecule has 1 unspecified atom stereocenters. The normalized spacial score (nSPS) is 19.7. The average molecular weight is 331 g/mol. The number of hydroxylamine groups is 1. The Balaban J connectivity index is 2.77. The number of nitrogens with one attached hydrogen (secondary N) is 1. The number of carboxylic acids is 1. The number of carboxylic acid groups (broad SMARTS) is 1. The summed E-state index contributed by atoms with van der Waals surface area (Å²) in [5.41, 5.74) is 4.02. The highest BCUT2D eigenvalue weighted by Crippen LogP contribution is 2.40. The Morgan fingerprint density at radius 2 is 2.04 bits per heavy atom. The molecule has 0 radical (unpaired) electrons. The number of hydrogen-bond donors (Lipinski definition) is 3. The summed E-state index contributed by atoms with van der Waals surface area (Å²) in [6.07, 6.45) is 0. The summed E-state index contributed by atoms with van der Waals surface area (Å²) in [6.45, 7) is 4.86. The van der Waals surface area contributed by atoms with Crippen LogP contribution in [-0.4, -0.2) is 26.9 Å². The van der Waals surface area contributed by atoms with Gasteiger partial charge in [-0.05, 0) is 26.3 Å². The molecule has 0 bridgehead atoms. The van der Waals surface area contributed by atoms with Gasteiger partial charge in [-0.25, -0.2) is 4.79 Å². The molecule has 1 aromatic rings. The lowest BCUT2D eigenvalue weighted by atomic mass is 9.79. The minimum absolute atomic E-state index is 0.0192. The van der Waals surface area contributed by atoms with Crippen molar-refractivity contribution < 1.29 is 20.0 Å². The van der Waals surface area contributed by atoms with Crippen molar-refractivity contribution in [1.82, 2.24) is 5.48 Å². The van der Waals surface area contributed by atoms with Crippen LogP contribution in [0.2, 0.25) is 0 Å². The van der Waals surface area contributed by atoms with Crippen molar-refractivity contribution in [2.45, 2.75) is 26.7 Å². The number of aliphatic imine (C=N–C) groups is 1. The lowest BCUT2D eigenvalue weighted by molar-refractivity contribution is -0.384. The second-order valence-electron chi connectivity index (χ2n) is 5.44. The van der Waals surface area contributed by atoms with Crippen LogP contribution in [0.5, 0.6) is 0 Å². The third kappa shape index (κ3) is 3.04. The summed E-state index contributed by atoms with van der Waals surface area (Å²) in [5, 5.41) is 29.9. The Morgan fingerprint density at radius 1 is 1.38 bits per heavy atom. The fourth-order valence-electron chi connectivity index (χ4n) is 2.91. The summed E-state index contributed by atoms with van der Waals surface area (Å²) in [5.74, 6) is -1.94. The standard InChI is InChI=1S/C16H17N3O5/c1-8-13(10(3)18-22)15(14(16(20)21)9(2)17-8)11-5-4-6-12(7-11)19(23)24/h4-7,15,18,22H,1-3H3,(H,20,21). The van der Waals surface area contributed by atoms with Crippen molar-refractivity contribution in [3.8, 4) is 0 Å². The number of hydrogen-bond acceptors (Lipinski definition) is 6. The number of non-ortho nitro benzene ring substituents is 1. The minimum atomic E-state index is -1.16. The number of allylic oxidation sites excluding steroid dienone is 3. The lowest BCUT2D eigenvalue weighted by Gasteiger charge is -2.28. The molecule has 0 aromatic heterocycles. The van der Waals surface area contributed by atoms with E-state index in [0.29, 0.717) is 28.2 Å². The molecule has 8 nitrogen and oxygen atoms in total. The Labute approximate surface area is 137 Å². The van der Waals surface area contributed by atoms with Gasteiger partial charge in [0.25, 0.3) is 5.69 Å². The van der Waals surface area contributed by atoms with E-state index in [9.17, 15) is 25.2 Å². The first-order chi connectivity index (χ1) is 11.3. The number of nitro groups is 1. The number of nitro benzene ring substituents is 1. The molecule has 126 valence electrons. The van der Waals surface area contributed by atoms with Crippen LogP contribution < -0.4 is 5.48 Å². The fourth-order valence-corrected chi connectivity index (χ4v) is 2.91. The first kappa shape index (κ1) is 17.4. The van der Waals surface area contributed by atoms with E-state index in [0.717, 1.165) is 0 Å². The molecule has 1 atom stereocenters. The largest absolute Gasteiger partial charge is 0.478 e. The van der Waals surface area contributed by atoms with Crippen molar-refractivity contribution in [2.24, 2.45) is 4.99 Å². The van der Waals surface area contributed by atoms with Crippen LogP contribution in [0, 0.1) is 10.1 Å². The average Bonchev–Trinajstić information content (AvgIpc) is 2.53. The Bertz CT molecular complexity index is 808. The van der Waals surface area contributed by atoms with Crippen LogP contribution in [0.3, 0.4) is 0 Å². The monoisotopic (exact) mass is 331 g/mol. The SMILES string of the molecule is CC1=NC(C)=C(C(=O)O)C(c2cccc([N+](=O)[O-])c2)C1=C(C)NO. The predicted molar refractivity (Wildman–Crippen MR) is 86.9 cm³/mol. The zero-order chi connectivity index (χ0) is 18.0. The molecule has 1 aromatic carbocycles. The molecule has 0 aliphatic carbocycles. The van der Waals surface area contributed by atoms with Crippen molar-refractivity contribution in [2.75, 3.05) is 0 Å². The Morgan fingerprint density at radius 3 is 2.58 bits per heavy atom. The number of carbonyl (C=O) groups is 1. The maximum absolute atomic E-state index is 11.8. The van der Waals surface area contributed by atoms with Gasteiger partial charge in [-0.1, -0.05) is 12.1 Å². The van der Waals surface area contributed by atoms with E-state index >= 15 is 0 Å². The number of aliphatic carboxylic acids is 1. The fraction of sp³-hybridized carbons (Fsp3) is 0.250. The zero-order valence-electron chi connectivity index (χ0n) is 13.4. The molecule has 0 saturated heterocycles. The zero-order valence-corrected chi connectivity index (χ0v) is 13.4. The molecule has 0 fully saturated rings. The van der Waals surface area contributed by atoms with Crippen molar-refractivity contribution in [3.63, 3.8) is 0 Å². The van der Waals surface area contributed by atoms with Crippen LogP contribution in [-0.2, 0) is 4.79 Å². The van der Waals surface area contributed by atoms with Crippen LogP contribution >= 0.6 is 0 Å². The molecule has 1 aliphatic heterocycles. The maximum atomic E-state index is 11.8. The number of benzene rings is 1. The van der Waals surface area contributed by atoms with Gasteiger partial charge in [-0.15, -0.1) is 0 Å². The molecular weight excluding hydrogens is 314 g/mol. The van der Waals surface area contributed by atoms with E-state index in [1.165, 1.54) is 18.2 Å². The Hall–Kier alpha value is -3.00. The molecule has 1 heterocycles. The van der Waals surface area contributed by atoms with Crippen molar-refractivity contribution >= 4 is 17.4 Å². The summed E-state index contributed by atoms with van der Waals surface area (Å²) < 4.78 is 0. The van der Waals surface area contributed by atoms with Gasteiger partial charge in [0.1, 0.15) is 0 Å². The van der Waals surface area contributed by atoms with Crippen molar-refractivity contribution in [1.29, 1.82) is 0 Å².